The van der Waals surface area contributed by atoms with Gasteiger partial charge in [-0.05, 0) is 101 Å². The maximum absolute atomic E-state index is 14.1. The highest BCUT2D eigenvalue weighted by Crippen LogP contribution is 2.69. The van der Waals surface area contributed by atoms with Crippen LogP contribution in [-0.4, -0.2) is 177 Å². The number of rotatable bonds is 11. The normalized spacial score (nSPS) is 50.0. The third kappa shape index (κ3) is 7.34. The lowest BCUT2D eigenvalue weighted by Gasteiger charge is -2.61. The van der Waals surface area contributed by atoms with Gasteiger partial charge in [-0.15, -0.1) is 0 Å². The summed E-state index contributed by atoms with van der Waals surface area (Å²) in [6.45, 7) is 7.20. The van der Waals surface area contributed by atoms with Gasteiger partial charge in [0.15, 0.2) is 18.4 Å². The Bertz CT molecular complexity index is 1450. The topological polar surface area (TPSA) is 297 Å². The molecule has 0 aromatic rings. The molecule has 17 heteroatoms. The fourth-order valence-electron chi connectivity index (χ4n) is 11.3. The highest BCUT2D eigenvalue weighted by Gasteiger charge is 2.69. The average Bonchev–Trinajstić information content (AvgIpc) is 3.42. The van der Waals surface area contributed by atoms with Crippen molar-refractivity contribution in [1.82, 2.24) is 0 Å². The highest BCUT2D eigenvalue weighted by molar-refractivity contribution is 5.95. The average molecular weight is 805 g/mol. The summed E-state index contributed by atoms with van der Waals surface area (Å²) in [7, 11) is 0. The van der Waals surface area contributed by atoms with Crippen LogP contribution in [0.5, 0.6) is 0 Å². The molecule has 6 rings (SSSR count). The number of ether oxygens (including phenoxy) is 4. The van der Waals surface area contributed by atoms with Crippen molar-refractivity contribution in [2.75, 3.05) is 13.2 Å². The maximum atomic E-state index is 14.1. The molecule has 0 aromatic carbocycles. The third-order valence-corrected chi connectivity index (χ3v) is 14.8. The zero-order chi connectivity index (χ0) is 41.5. The van der Waals surface area contributed by atoms with E-state index in [0.717, 1.165) is 0 Å². The van der Waals surface area contributed by atoms with Crippen LogP contribution in [0.25, 0.3) is 0 Å². The van der Waals surface area contributed by atoms with Gasteiger partial charge >= 0.3 is 0 Å². The van der Waals surface area contributed by atoms with Crippen LogP contribution in [0.4, 0.5) is 0 Å². The SMILES string of the molecule is CC(C)(O)CC[C@@H](O[C@H]1O[C@H](CO)[C@H](O)[C@H](O)[C@H]1O)[C@](C)(O)[C@H]1CCC2(O)C3=CC(=O)[C@@H]4C[C@@H](O[C@H]5O[C@H](CO)[C@H](O)[C@H](O)[C@H]5O)[C@@H](O)C[C@]4(C)[C@H]3CC[C@]12C. The smallest absolute Gasteiger partial charge is 0.187 e. The Labute approximate surface area is 326 Å². The second kappa shape index (κ2) is 15.7. The zero-order valence-corrected chi connectivity index (χ0v) is 32.8. The van der Waals surface area contributed by atoms with Crippen molar-refractivity contribution in [2.24, 2.45) is 28.6 Å². The molecule has 17 nitrogen and oxygen atoms in total. The standard InChI is InChI=1S/C39H64O17/c1-35(2,50)9-8-26(56-34-32(49)30(47)28(45)24(16-41)55-34)38(5,51)25-7-11-39(52)18-12-20(42)19-13-22(53-33-31(48)29(46)27(44)23(15-40)54-33)21(43)14-36(19,3)17(18)6-10-37(25,39)4/h12,17,19,21-34,40-41,43-52H,6-11,13-16H2,1-5H3/t17-,19-,21-,22+,23+,24+,25-,26+,27-,28-,29-,30-,31+,32+,33-,34+,36+,37+,38+,39?/m0/s1. The van der Waals surface area contributed by atoms with E-state index in [2.05, 4.69) is 0 Å². The first kappa shape index (κ1) is 44.3. The highest BCUT2D eigenvalue weighted by atomic mass is 16.7. The van der Waals surface area contributed by atoms with Crippen molar-refractivity contribution in [1.29, 1.82) is 0 Å². The molecule has 0 spiro atoms. The van der Waals surface area contributed by atoms with Crippen LogP contribution in [0, 0.1) is 28.6 Å². The number of ketones is 1. The summed E-state index contributed by atoms with van der Waals surface area (Å²) in [5, 5.41) is 130. The van der Waals surface area contributed by atoms with E-state index in [1.165, 1.54) is 6.08 Å². The molecule has 0 amide bonds. The summed E-state index contributed by atoms with van der Waals surface area (Å²) in [4.78, 5) is 14.1. The molecule has 4 aliphatic carbocycles. The van der Waals surface area contributed by atoms with Crippen LogP contribution in [0.1, 0.15) is 86.0 Å². The predicted octanol–water partition coefficient (Wildman–Crippen LogP) is -2.50. The lowest BCUT2D eigenvalue weighted by molar-refractivity contribution is -0.328. The summed E-state index contributed by atoms with van der Waals surface area (Å²) in [6.07, 6.45) is -15.6. The molecule has 5 fully saturated rings. The molecule has 20 atom stereocenters. The lowest BCUT2D eigenvalue weighted by atomic mass is 9.45. The quantitative estimate of drug-likeness (QED) is 0.103. The molecular formula is C39H64O17. The Morgan fingerprint density at radius 2 is 1.39 bits per heavy atom. The number of hydrogen-bond donors (Lipinski definition) is 12. The van der Waals surface area contributed by atoms with Crippen LogP contribution < -0.4 is 0 Å². The number of allylic oxidation sites excluding steroid dienone is 1. The summed E-state index contributed by atoms with van der Waals surface area (Å²) in [5.74, 6) is -1.94. The van der Waals surface area contributed by atoms with Gasteiger partial charge in [0.2, 0.25) is 0 Å². The van der Waals surface area contributed by atoms with Crippen LogP contribution in [-0.2, 0) is 23.7 Å². The molecule has 12 N–H and O–H groups in total. The Balaban J connectivity index is 1.25. The van der Waals surface area contributed by atoms with Crippen LogP contribution in [0.3, 0.4) is 0 Å². The third-order valence-electron chi connectivity index (χ3n) is 14.8. The summed E-state index contributed by atoms with van der Waals surface area (Å²) in [5.41, 5.74) is -5.82. The van der Waals surface area contributed by atoms with Crippen molar-refractivity contribution >= 4 is 5.78 Å². The van der Waals surface area contributed by atoms with E-state index in [1.807, 2.05) is 13.8 Å². The number of fused-ring (bicyclic) bond motifs is 5. The minimum Gasteiger partial charge on any atom is -0.394 e. The zero-order valence-electron chi connectivity index (χ0n) is 32.8. The number of aliphatic hydroxyl groups is 12. The molecule has 2 aliphatic heterocycles. The second-order valence-electron chi connectivity index (χ2n) is 18.8. The number of hydrogen-bond acceptors (Lipinski definition) is 17. The van der Waals surface area contributed by atoms with Crippen molar-refractivity contribution in [2.45, 2.75) is 183 Å². The Morgan fingerprint density at radius 3 is 1.96 bits per heavy atom. The number of carbonyl (C=O) groups is 1. The van der Waals surface area contributed by atoms with Crippen LogP contribution in [0.15, 0.2) is 11.6 Å². The Morgan fingerprint density at radius 1 is 0.821 bits per heavy atom. The van der Waals surface area contributed by atoms with Crippen LogP contribution in [0.2, 0.25) is 0 Å². The fourth-order valence-corrected chi connectivity index (χ4v) is 11.3. The van der Waals surface area contributed by atoms with Crippen LogP contribution >= 0.6 is 0 Å². The molecule has 56 heavy (non-hydrogen) atoms. The first-order valence-corrected chi connectivity index (χ1v) is 20.0. The van der Waals surface area contributed by atoms with Gasteiger partial charge in [0.1, 0.15) is 48.8 Å². The van der Waals surface area contributed by atoms with Gasteiger partial charge in [-0.1, -0.05) is 13.8 Å². The maximum Gasteiger partial charge on any atom is 0.187 e. The molecule has 3 saturated carbocycles. The molecule has 1 unspecified atom stereocenters. The van der Waals surface area contributed by atoms with E-state index in [4.69, 9.17) is 18.9 Å². The van der Waals surface area contributed by atoms with Gasteiger partial charge in [0, 0.05) is 11.3 Å². The van der Waals surface area contributed by atoms with Crippen molar-refractivity contribution in [3.63, 3.8) is 0 Å². The van der Waals surface area contributed by atoms with Crippen molar-refractivity contribution < 1.29 is 85.0 Å². The largest absolute Gasteiger partial charge is 0.394 e. The first-order chi connectivity index (χ1) is 25.9. The lowest BCUT2D eigenvalue weighted by Crippen LogP contribution is -2.64. The van der Waals surface area contributed by atoms with Gasteiger partial charge in [0.05, 0.1) is 48.3 Å². The Hall–Kier alpha value is -1.23. The molecule has 2 heterocycles. The van der Waals surface area contributed by atoms with E-state index >= 15 is 0 Å². The monoisotopic (exact) mass is 804 g/mol. The summed E-state index contributed by atoms with van der Waals surface area (Å²) >= 11 is 0. The molecule has 0 bridgehead atoms. The Kier molecular flexibility index (Phi) is 12.4. The van der Waals surface area contributed by atoms with E-state index in [1.54, 1.807) is 20.8 Å². The van der Waals surface area contributed by atoms with E-state index < -0.39 is 132 Å². The van der Waals surface area contributed by atoms with Crippen molar-refractivity contribution in [3.05, 3.63) is 11.6 Å². The van der Waals surface area contributed by atoms with E-state index in [9.17, 15) is 66.1 Å². The number of carbonyl (C=O) groups excluding carboxylic acids is 1. The van der Waals surface area contributed by atoms with Gasteiger partial charge in [-0.25, -0.2) is 0 Å². The molecular weight excluding hydrogens is 740 g/mol. The summed E-state index contributed by atoms with van der Waals surface area (Å²) in [6, 6.07) is 0. The molecule has 0 radical (unpaired) electrons. The second-order valence-corrected chi connectivity index (χ2v) is 18.8. The van der Waals surface area contributed by atoms with Gasteiger partial charge in [-0.2, -0.15) is 0 Å². The van der Waals surface area contributed by atoms with E-state index in [-0.39, 0.29) is 43.8 Å². The predicted molar refractivity (Wildman–Crippen MR) is 192 cm³/mol. The first-order valence-electron chi connectivity index (χ1n) is 20.0. The molecule has 6 aliphatic rings. The summed E-state index contributed by atoms with van der Waals surface area (Å²) < 4.78 is 23.3. The minimum absolute atomic E-state index is 0.0387. The van der Waals surface area contributed by atoms with E-state index in [0.29, 0.717) is 24.8 Å². The van der Waals surface area contributed by atoms with Gasteiger partial charge < -0.3 is 80.2 Å². The number of aliphatic hydroxyl groups excluding tert-OH is 9. The molecule has 322 valence electrons. The minimum atomic E-state index is -1.75. The molecule has 0 aromatic heterocycles. The van der Waals surface area contributed by atoms with Gasteiger partial charge in [0.25, 0.3) is 0 Å². The van der Waals surface area contributed by atoms with Crippen molar-refractivity contribution in [3.8, 4) is 0 Å². The van der Waals surface area contributed by atoms with Gasteiger partial charge in [-0.3, -0.25) is 4.79 Å². The fraction of sp³-hybridized carbons (Fsp3) is 0.923. The molecule has 2 saturated heterocycles.